The number of hydrogen-bond acceptors (Lipinski definition) is 2. The van der Waals surface area contributed by atoms with Gasteiger partial charge in [-0.25, -0.2) is 0 Å². The summed E-state index contributed by atoms with van der Waals surface area (Å²) < 4.78 is 2.60. The highest BCUT2D eigenvalue weighted by molar-refractivity contribution is 7.25. The van der Waals surface area contributed by atoms with Gasteiger partial charge in [0.25, 0.3) is 0 Å². The predicted molar refractivity (Wildman–Crippen MR) is 139 cm³/mol. The molecule has 0 spiro atoms. The standard InChI is InChI=1S/C30H17NS/c1-17-12-27-23(13-19(17)16-31)25-15-29-26(21-8-4-5-9-28(21)32-29)14-24(25)22-11-10-18-6-2-3-7-20(18)30(22)27/h2-15H,1H3. The van der Waals surface area contributed by atoms with Crippen LogP contribution in [0.1, 0.15) is 11.1 Å². The zero-order chi connectivity index (χ0) is 21.4. The lowest BCUT2D eigenvalue weighted by atomic mass is 9.88. The Morgan fingerprint density at radius 3 is 2.22 bits per heavy atom. The van der Waals surface area contributed by atoms with Crippen LogP contribution in [0.5, 0.6) is 0 Å². The number of nitrogens with zero attached hydrogens (tertiary/aromatic N) is 1. The van der Waals surface area contributed by atoms with Crippen molar-refractivity contribution in [2.45, 2.75) is 6.92 Å². The van der Waals surface area contributed by atoms with E-state index in [1.165, 1.54) is 57.9 Å². The molecule has 0 bridgehead atoms. The molecule has 0 fully saturated rings. The first kappa shape index (κ1) is 17.7. The highest BCUT2D eigenvalue weighted by Crippen LogP contribution is 2.43. The van der Waals surface area contributed by atoms with Gasteiger partial charge in [-0.1, -0.05) is 54.6 Å². The minimum atomic E-state index is 0.745. The summed E-state index contributed by atoms with van der Waals surface area (Å²) >= 11 is 1.84. The normalized spacial score (nSPS) is 11.9. The maximum absolute atomic E-state index is 9.75. The van der Waals surface area contributed by atoms with Crippen LogP contribution in [0.15, 0.2) is 84.9 Å². The van der Waals surface area contributed by atoms with Crippen LogP contribution in [0.25, 0.3) is 63.3 Å². The maximum Gasteiger partial charge on any atom is 0.0994 e. The lowest BCUT2D eigenvalue weighted by molar-refractivity contribution is 1.42. The monoisotopic (exact) mass is 423 g/mol. The molecule has 0 saturated heterocycles. The van der Waals surface area contributed by atoms with Gasteiger partial charge in [-0.2, -0.15) is 5.26 Å². The average Bonchev–Trinajstić information content (AvgIpc) is 3.20. The SMILES string of the molecule is Cc1cc2c(cc1C#N)c1cc3sc4ccccc4c3cc1c1ccc3ccccc3c12. The molecule has 0 atom stereocenters. The topological polar surface area (TPSA) is 23.8 Å². The molecule has 7 aromatic rings. The molecule has 0 unspecified atom stereocenters. The van der Waals surface area contributed by atoms with Gasteiger partial charge in [0, 0.05) is 20.2 Å². The Kier molecular flexibility index (Phi) is 3.48. The zero-order valence-electron chi connectivity index (χ0n) is 17.4. The van der Waals surface area contributed by atoms with Crippen molar-refractivity contribution in [1.82, 2.24) is 0 Å². The summed E-state index contributed by atoms with van der Waals surface area (Å²) in [6.45, 7) is 2.04. The molecule has 1 aromatic heterocycles. The molecule has 0 amide bonds. The number of thiophene rings is 1. The first-order chi connectivity index (χ1) is 15.7. The smallest absolute Gasteiger partial charge is 0.0994 e. The van der Waals surface area contributed by atoms with Crippen molar-refractivity contribution in [3.63, 3.8) is 0 Å². The second kappa shape index (κ2) is 6.29. The number of rotatable bonds is 0. The lowest BCUT2D eigenvalue weighted by Crippen LogP contribution is -1.89. The zero-order valence-corrected chi connectivity index (χ0v) is 18.3. The van der Waals surface area contributed by atoms with Gasteiger partial charge < -0.3 is 0 Å². The summed E-state index contributed by atoms with van der Waals surface area (Å²) in [4.78, 5) is 0. The van der Waals surface area contributed by atoms with Crippen LogP contribution >= 0.6 is 11.3 Å². The van der Waals surface area contributed by atoms with Crippen LogP contribution in [0.3, 0.4) is 0 Å². The van der Waals surface area contributed by atoms with Crippen LogP contribution in [0, 0.1) is 18.3 Å². The van der Waals surface area contributed by atoms with E-state index in [1.807, 2.05) is 18.3 Å². The summed E-state index contributed by atoms with van der Waals surface area (Å²) in [6.07, 6.45) is 0. The molecule has 6 aromatic carbocycles. The van der Waals surface area contributed by atoms with Crippen molar-refractivity contribution < 1.29 is 0 Å². The first-order valence-corrected chi connectivity index (χ1v) is 11.6. The van der Waals surface area contributed by atoms with Gasteiger partial charge >= 0.3 is 0 Å². The van der Waals surface area contributed by atoms with E-state index < -0.39 is 0 Å². The molecule has 0 aliphatic heterocycles. The third-order valence-electron chi connectivity index (χ3n) is 6.78. The summed E-state index contributed by atoms with van der Waals surface area (Å²) in [5.41, 5.74) is 1.77. The fourth-order valence-corrected chi connectivity index (χ4v) is 6.39. The Morgan fingerprint density at radius 2 is 1.34 bits per heavy atom. The lowest BCUT2D eigenvalue weighted by Gasteiger charge is -2.14. The van der Waals surface area contributed by atoms with Crippen molar-refractivity contribution in [1.29, 1.82) is 5.26 Å². The number of aryl methyl sites for hydroxylation is 1. The van der Waals surface area contributed by atoms with Crippen molar-refractivity contribution in [3.05, 3.63) is 96.1 Å². The Labute approximate surface area is 188 Å². The first-order valence-electron chi connectivity index (χ1n) is 10.8. The van der Waals surface area contributed by atoms with Crippen molar-refractivity contribution in [2.75, 3.05) is 0 Å². The Balaban J connectivity index is 1.83. The van der Waals surface area contributed by atoms with Gasteiger partial charge in [0.05, 0.1) is 11.6 Å². The molecule has 7 rings (SSSR count). The molecule has 32 heavy (non-hydrogen) atoms. The fraction of sp³-hybridized carbons (Fsp3) is 0.0333. The van der Waals surface area contributed by atoms with Crippen LogP contribution in [-0.4, -0.2) is 0 Å². The molecule has 148 valence electrons. The van der Waals surface area contributed by atoms with Crippen LogP contribution in [0.4, 0.5) is 0 Å². The summed E-state index contributed by atoms with van der Waals surface area (Å²) in [6, 6.07) is 33.1. The molecule has 1 nitrogen and oxygen atoms in total. The Hall–Kier alpha value is -3.93. The van der Waals surface area contributed by atoms with Crippen molar-refractivity contribution >= 4 is 74.6 Å². The van der Waals surface area contributed by atoms with E-state index in [9.17, 15) is 5.26 Å². The molecule has 0 radical (unpaired) electrons. The van der Waals surface area contributed by atoms with Gasteiger partial charge in [-0.05, 0) is 85.9 Å². The second-order valence-electron chi connectivity index (χ2n) is 8.53. The van der Waals surface area contributed by atoms with Gasteiger partial charge in [0.1, 0.15) is 0 Å². The third kappa shape index (κ3) is 2.26. The minimum absolute atomic E-state index is 0.745. The van der Waals surface area contributed by atoms with Gasteiger partial charge in [0.15, 0.2) is 0 Å². The molecular weight excluding hydrogens is 406 g/mol. The quantitative estimate of drug-likeness (QED) is 0.223. The molecule has 0 aliphatic rings. The fourth-order valence-electron chi connectivity index (χ4n) is 5.26. The van der Waals surface area contributed by atoms with Crippen LogP contribution in [-0.2, 0) is 0 Å². The van der Waals surface area contributed by atoms with E-state index in [-0.39, 0.29) is 0 Å². The predicted octanol–water partition coefficient (Wildman–Crippen LogP) is 8.85. The van der Waals surface area contributed by atoms with E-state index >= 15 is 0 Å². The Morgan fingerprint density at radius 1 is 0.594 bits per heavy atom. The van der Waals surface area contributed by atoms with Crippen molar-refractivity contribution in [2.24, 2.45) is 0 Å². The minimum Gasteiger partial charge on any atom is -0.192 e. The van der Waals surface area contributed by atoms with Crippen LogP contribution in [0.2, 0.25) is 0 Å². The van der Waals surface area contributed by atoms with E-state index in [1.54, 1.807) is 0 Å². The van der Waals surface area contributed by atoms with E-state index in [0.717, 1.165) is 16.5 Å². The van der Waals surface area contributed by atoms with E-state index in [4.69, 9.17) is 0 Å². The summed E-state index contributed by atoms with van der Waals surface area (Å²) in [7, 11) is 0. The molecule has 2 heteroatoms. The van der Waals surface area contributed by atoms with Crippen LogP contribution < -0.4 is 0 Å². The highest BCUT2D eigenvalue weighted by atomic mass is 32.1. The molecule has 1 heterocycles. The number of benzene rings is 6. The third-order valence-corrected chi connectivity index (χ3v) is 7.91. The number of nitriles is 1. The maximum atomic E-state index is 9.75. The van der Waals surface area contributed by atoms with Gasteiger partial charge in [-0.3, -0.25) is 0 Å². The van der Waals surface area contributed by atoms with E-state index in [2.05, 4.69) is 91.0 Å². The summed E-state index contributed by atoms with van der Waals surface area (Å²) in [5, 5.41) is 22.3. The number of hydrogen-bond donors (Lipinski definition) is 0. The molecule has 0 N–H and O–H groups in total. The molecule has 0 saturated carbocycles. The van der Waals surface area contributed by atoms with Gasteiger partial charge in [-0.15, -0.1) is 11.3 Å². The van der Waals surface area contributed by atoms with E-state index in [0.29, 0.717) is 0 Å². The Bertz CT molecular complexity index is 1950. The molecule has 0 aliphatic carbocycles. The highest BCUT2D eigenvalue weighted by Gasteiger charge is 2.15. The average molecular weight is 424 g/mol. The summed E-state index contributed by atoms with van der Waals surface area (Å²) in [5.74, 6) is 0. The van der Waals surface area contributed by atoms with Crippen molar-refractivity contribution in [3.8, 4) is 6.07 Å². The second-order valence-corrected chi connectivity index (χ2v) is 9.61. The largest absolute Gasteiger partial charge is 0.192 e. The number of fused-ring (bicyclic) bond motifs is 11. The molecular formula is C30H17NS. The van der Waals surface area contributed by atoms with Gasteiger partial charge in [0.2, 0.25) is 0 Å².